The molecule has 0 aliphatic carbocycles. The van der Waals surface area contributed by atoms with Gasteiger partial charge in [-0.1, -0.05) is 20.8 Å². The third-order valence-corrected chi connectivity index (χ3v) is 4.40. The van der Waals surface area contributed by atoms with E-state index in [4.69, 9.17) is 4.74 Å². The summed E-state index contributed by atoms with van der Waals surface area (Å²) >= 11 is 0. The molecular weight excluding hydrogens is 260 g/mol. The Morgan fingerprint density at radius 1 is 1.10 bits per heavy atom. The van der Waals surface area contributed by atoms with Crippen molar-refractivity contribution in [3.8, 4) is 0 Å². The molecule has 2 rings (SSSR count). The molecule has 0 N–H and O–H groups in total. The van der Waals surface area contributed by atoms with Gasteiger partial charge in [-0.05, 0) is 45.6 Å². The lowest BCUT2D eigenvalue weighted by Crippen LogP contribution is -2.57. The summed E-state index contributed by atoms with van der Waals surface area (Å²) in [4.78, 5) is 1.99. The van der Waals surface area contributed by atoms with E-state index in [1.54, 1.807) is 0 Å². The Hall–Kier alpha value is -0.220. The Morgan fingerprint density at radius 3 is 2.20 bits per heavy atom. The Kier molecular flexibility index (Phi) is 3.75. The van der Waals surface area contributed by atoms with Crippen LogP contribution in [-0.2, 0) is 4.74 Å². The molecule has 0 radical (unpaired) electrons. The molecule has 118 valence electrons. The van der Waals surface area contributed by atoms with Crippen LogP contribution in [0, 0.1) is 5.41 Å². The maximum absolute atomic E-state index is 14.0. The molecule has 2 atom stereocenters. The van der Waals surface area contributed by atoms with Gasteiger partial charge in [0.15, 0.2) is 0 Å². The average Bonchev–Trinajstić information content (AvgIpc) is 2.63. The fraction of sp³-hybridized carbons (Fsp3) is 1.00. The van der Waals surface area contributed by atoms with Gasteiger partial charge in [-0.3, -0.25) is 4.90 Å². The van der Waals surface area contributed by atoms with E-state index in [9.17, 15) is 8.78 Å². The highest BCUT2D eigenvalue weighted by atomic mass is 19.3. The summed E-state index contributed by atoms with van der Waals surface area (Å²) < 4.78 is 34.3. The Bertz CT molecular complexity index is 370. The predicted octanol–water partition coefficient (Wildman–Crippen LogP) is 4.09. The van der Waals surface area contributed by atoms with Gasteiger partial charge in [0, 0.05) is 6.42 Å². The Balaban J connectivity index is 2.36. The molecule has 0 bridgehead atoms. The third-order valence-electron chi connectivity index (χ3n) is 4.40. The molecule has 2 unspecified atom stereocenters. The Morgan fingerprint density at radius 2 is 1.70 bits per heavy atom. The van der Waals surface area contributed by atoms with Crippen LogP contribution in [0.5, 0.6) is 0 Å². The summed E-state index contributed by atoms with van der Waals surface area (Å²) in [6.07, 6.45) is 1.58. The molecule has 0 aromatic rings. The standard InChI is InChI=1S/C16H29F2NO/c1-13(2,3)12(20-14(4,5)6)15-8-7-9-19(15)11-16(17,18)10-15/h12H,7-11H2,1-6H3. The van der Waals surface area contributed by atoms with Gasteiger partial charge in [0.05, 0.1) is 23.8 Å². The average molecular weight is 289 g/mol. The molecule has 4 heteroatoms. The molecule has 2 saturated heterocycles. The molecule has 0 aromatic heterocycles. The van der Waals surface area contributed by atoms with E-state index in [1.165, 1.54) is 0 Å². The van der Waals surface area contributed by atoms with Gasteiger partial charge in [-0.15, -0.1) is 0 Å². The first kappa shape index (κ1) is 16.2. The van der Waals surface area contributed by atoms with E-state index in [2.05, 4.69) is 20.8 Å². The van der Waals surface area contributed by atoms with Crippen LogP contribution in [0.3, 0.4) is 0 Å². The maximum Gasteiger partial charge on any atom is 0.262 e. The van der Waals surface area contributed by atoms with Gasteiger partial charge in [-0.25, -0.2) is 8.78 Å². The molecule has 0 spiro atoms. The van der Waals surface area contributed by atoms with Crippen LogP contribution in [0.2, 0.25) is 0 Å². The molecule has 2 heterocycles. The van der Waals surface area contributed by atoms with E-state index in [0.29, 0.717) is 0 Å². The molecule has 0 aromatic carbocycles. The van der Waals surface area contributed by atoms with Crippen molar-refractivity contribution in [2.45, 2.75) is 84.0 Å². The van der Waals surface area contributed by atoms with Crippen LogP contribution in [0.15, 0.2) is 0 Å². The second kappa shape index (κ2) is 4.64. The molecule has 2 fully saturated rings. The van der Waals surface area contributed by atoms with Crippen molar-refractivity contribution < 1.29 is 13.5 Å². The van der Waals surface area contributed by atoms with Crippen molar-refractivity contribution in [1.29, 1.82) is 0 Å². The van der Waals surface area contributed by atoms with Gasteiger partial charge >= 0.3 is 0 Å². The second-order valence-corrected chi connectivity index (χ2v) is 8.64. The number of nitrogens with zero attached hydrogens (tertiary/aromatic N) is 1. The first-order valence-electron chi connectivity index (χ1n) is 7.67. The second-order valence-electron chi connectivity index (χ2n) is 8.64. The van der Waals surface area contributed by atoms with Gasteiger partial charge in [0.2, 0.25) is 0 Å². The first-order chi connectivity index (χ1) is 8.86. The smallest absolute Gasteiger partial charge is 0.262 e. The minimum atomic E-state index is -2.58. The van der Waals surface area contributed by atoms with E-state index in [-0.39, 0.29) is 30.1 Å². The fourth-order valence-corrected chi connectivity index (χ4v) is 4.01. The Labute approximate surface area is 121 Å². The largest absolute Gasteiger partial charge is 0.370 e. The van der Waals surface area contributed by atoms with Crippen LogP contribution in [0.1, 0.15) is 60.8 Å². The van der Waals surface area contributed by atoms with Crippen molar-refractivity contribution in [2.24, 2.45) is 5.41 Å². The maximum atomic E-state index is 14.0. The normalized spacial score (nSPS) is 32.4. The minimum Gasteiger partial charge on any atom is -0.370 e. The van der Waals surface area contributed by atoms with Gasteiger partial charge in [0.1, 0.15) is 0 Å². The number of hydrogen-bond donors (Lipinski definition) is 0. The molecular formula is C16H29F2NO. The summed E-state index contributed by atoms with van der Waals surface area (Å²) in [6.45, 7) is 13.0. The SMILES string of the molecule is CC(C)(C)OC(C(C)(C)C)C12CCCN1CC(F)(F)C2. The van der Waals surface area contributed by atoms with Crippen molar-refractivity contribution in [3.63, 3.8) is 0 Å². The van der Waals surface area contributed by atoms with Crippen molar-refractivity contribution in [2.75, 3.05) is 13.1 Å². The zero-order chi connectivity index (χ0) is 15.4. The molecule has 2 aliphatic rings. The summed E-state index contributed by atoms with van der Waals surface area (Å²) in [5.74, 6) is -2.58. The van der Waals surface area contributed by atoms with Crippen molar-refractivity contribution in [1.82, 2.24) is 4.90 Å². The minimum absolute atomic E-state index is 0.0575. The summed E-state index contributed by atoms with van der Waals surface area (Å²) in [5, 5.41) is 0. The van der Waals surface area contributed by atoms with E-state index in [0.717, 1.165) is 19.4 Å². The topological polar surface area (TPSA) is 12.5 Å². The van der Waals surface area contributed by atoms with E-state index in [1.807, 2.05) is 25.7 Å². The van der Waals surface area contributed by atoms with Gasteiger partial charge < -0.3 is 4.74 Å². The lowest BCUT2D eigenvalue weighted by atomic mass is 9.73. The number of rotatable bonds is 2. The lowest BCUT2D eigenvalue weighted by molar-refractivity contribution is -0.161. The van der Waals surface area contributed by atoms with Crippen molar-refractivity contribution in [3.05, 3.63) is 0 Å². The summed E-state index contributed by atoms with van der Waals surface area (Å²) in [5.41, 5.74) is -0.968. The van der Waals surface area contributed by atoms with Gasteiger partial charge in [-0.2, -0.15) is 0 Å². The number of halogens is 2. The van der Waals surface area contributed by atoms with Crippen molar-refractivity contribution >= 4 is 0 Å². The van der Waals surface area contributed by atoms with Gasteiger partial charge in [0.25, 0.3) is 5.92 Å². The highest BCUT2D eigenvalue weighted by Crippen LogP contribution is 2.52. The molecule has 20 heavy (non-hydrogen) atoms. The van der Waals surface area contributed by atoms with Crippen LogP contribution in [0.4, 0.5) is 8.78 Å². The van der Waals surface area contributed by atoms with E-state index >= 15 is 0 Å². The van der Waals surface area contributed by atoms with Crippen LogP contribution < -0.4 is 0 Å². The highest BCUT2D eigenvalue weighted by Gasteiger charge is 2.62. The number of fused-ring (bicyclic) bond motifs is 1. The van der Waals surface area contributed by atoms with Crippen LogP contribution in [-0.4, -0.2) is 41.2 Å². The quantitative estimate of drug-likeness (QED) is 0.759. The molecule has 2 aliphatic heterocycles. The summed E-state index contributed by atoms with van der Waals surface area (Å²) in [7, 11) is 0. The zero-order valence-electron chi connectivity index (χ0n) is 13.7. The molecule has 0 amide bonds. The summed E-state index contributed by atoms with van der Waals surface area (Å²) in [6, 6.07) is 0. The number of alkyl halides is 2. The molecule has 2 nitrogen and oxygen atoms in total. The number of ether oxygens (including phenoxy) is 1. The first-order valence-corrected chi connectivity index (χ1v) is 7.67. The fourth-order valence-electron chi connectivity index (χ4n) is 4.01. The zero-order valence-corrected chi connectivity index (χ0v) is 13.7. The predicted molar refractivity (Wildman–Crippen MR) is 77.2 cm³/mol. The number of hydrogen-bond acceptors (Lipinski definition) is 2. The lowest BCUT2D eigenvalue weighted by Gasteiger charge is -2.48. The van der Waals surface area contributed by atoms with Crippen LogP contribution >= 0.6 is 0 Å². The third kappa shape index (κ3) is 3.01. The van der Waals surface area contributed by atoms with Crippen LogP contribution in [0.25, 0.3) is 0 Å². The molecule has 0 saturated carbocycles. The van der Waals surface area contributed by atoms with E-state index < -0.39 is 11.5 Å². The highest BCUT2D eigenvalue weighted by molar-refractivity contribution is 5.13. The monoisotopic (exact) mass is 289 g/mol.